The monoisotopic (exact) mass is 346 g/mol. The Hall–Kier alpha value is -2.05. The van der Waals surface area contributed by atoms with Gasteiger partial charge in [0.15, 0.2) is 0 Å². The van der Waals surface area contributed by atoms with Crippen LogP contribution in [-0.4, -0.2) is 42.9 Å². The number of nitrogens with zero attached hydrogens (tertiary/aromatic N) is 3. The molecule has 1 atom stereocenters. The predicted octanol–water partition coefficient (Wildman–Crippen LogP) is 2.90. The van der Waals surface area contributed by atoms with Crippen molar-refractivity contribution in [2.24, 2.45) is 0 Å². The van der Waals surface area contributed by atoms with Gasteiger partial charge in [0, 0.05) is 31.1 Å². The van der Waals surface area contributed by atoms with Gasteiger partial charge in [-0.25, -0.2) is 9.97 Å². The summed E-state index contributed by atoms with van der Waals surface area (Å²) in [6, 6.07) is 7.96. The maximum absolute atomic E-state index is 6.24. The van der Waals surface area contributed by atoms with Gasteiger partial charge in [0.25, 0.3) is 0 Å². The molecule has 1 aromatic carbocycles. The van der Waals surface area contributed by atoms with Gasteiger partial charge in [-0.2, -0.15) is 0 Å². The van der Waals surface area contributed by atoms with Crippen LogP contribution in [0.3, 0.4) is 0 Å². The van der Waals surface area contributed by atoms with Gasteiger partial charge in [0.1, 0.15) is 23.7 Å². The number of hydrogen-bond acceptors (Lipinski definition) is 6. The zero-order valence-corrected chi connectivity index (χ0v) is 14.0. The highest BCUT2D eigenvalue weighted by Gasteiger charge is 2.24. The minimum Gasteiger partial charge on any atom is -0.492 e. The lowest BCUT2D eigenvalue weighted by Crippen LogP contribution is -2.36. The van der Waals surface area contributed by atoms with E-state index in [4.69, 9.17) is 21.1 Å². The molecule has 2 aromatic rings. The van der Waals surface area contributed by atoms with Crippen molar-refractivity contribution in [3.05, 3.63) is 41.2 Å². The fourth-order valence-electron chi connectivity index (χ4n) is 3.11. The summed E-state index contributed by atoms with van der Waals surface area (Å²) >= 11 is 6.24. The van der Waals surface area contributed by atoms with Crippen LogP contribution in [0.25, 0.3) is 0 Å². The highest BCUT2D eigenvalue weighted by Crippen LogP contribution is 2.38. The van der Waals surface area contributed by atoms with Crippen LogP contribution in [0.5, 0.6) is 5.75 Å². The van der Waals surface area contributed by atoms with Crippen molar-refractivity contribution in [3.8, 4) is 5.75 Å². The van der Waals surface area contributed by atoms with Gasteiger partial charge in [-0.15, -0.1) is 0 Å². The third-order valence-electron chi connectivity index (χ3n) is 4.34. The molecule has 0 aliphatic carbocycles. The molecule has 0 amide bonds. The molecule has 4 rings (SSSR count). The summed E-state index contributed by atoms with van der Waals surface area (Å²) in [7, 11) is 0. The van der Waals surface area contributed by atoms with E-state index in [2.05, 4.69) is 20.2 Å². The number of nitrogens with one attached hydrogen (secondary N) is 1. The van der Waals surface area contributed by atoms with Gasteiger partial charge < -0.3 is 19.7 Å². The van der Waals surface area contributed by atoms with Crippen molar-refractivity contribution in [2.75, 3.05) is 43.1 Å². The first kappa shape index (κ1) is 15.5. The molecular weight excluding hydrogens is 328 g/mol. The van der Waals surface area contributed by atoms with Crippen LogP contribution >= 0.6 is 11.6 Å². The second-order valence-electron chi connectivity index (χ2n) is 5.85. The minimum absolute atomic E-state index is 0.125. The fourth-order valence-corrected chi connectivity index (χ4v) is 3.34. The Kier molecular flexibility index (Phi) is 4.40. The van der Waals surface area contributed by atoms with Crippen LogP contribution in [0.2, 0.25) is 5.02 Å². The van der Waals surface area contributed by atoms with E-state index >= 15 is 0 Å². The van der Waals surface area contributed by atoms with E-state index < -0.39 is 0 Å². The summed E-state index contributed by atoms with van der Waals surface area (Å²) in [4.78, 5) is 11.0. The zero-order chi connectivity index (χ0) is 16.4. The third-order valence-corrected chi connectivity index (χ3v) is 4.63. The number of hydrogen-bond donors (Lipinski definition) is 1. The molecule has 0 spiro atoms. The number of rotatable bonds is 3. The second-order valence-corrected chi connectivity index (χ2v) is 6.26. The summed E-state index contributed by atoms with van der Waals surface area (Å²) in [5.74, 6) is 2.50. The summed E-state index contributed by atoms with van der Waals surface area (Å²) in [6.45, 7) is 3.81. The molecule has 6 nitrogen and oxygen atoms in total. The van der Waals surface area contributed by atoms with Crippen LogP contribution in [0, 0.1) is 0 Å². The van der Waals surface area contributed by atoms with E-state index in [9.17, 15) is 0 Å². The molecule has 0 saturated carbocycles. The van der Waals surface area contributed by atoms with Crippen molar-refractivity contribution in [2.45, 2.75) is 12.5 Å². The minimum atomic E-state index is 0.125. The molecule has 126 valence electrons. The van der Waals surface area contributed by atoms with Crippen LogP contribution in [-0.2, 0) is 4.74 Å². The van der Waals surface area contributed by atoms with Crippen LogP contribution < -0.4 is 15.0 Å². The highest BCUT2D eigenvalue weighted by molar-refractivity contribution is 6.32. The summed E-state index contributed by atoms with van der Waals surface area (Å²) < 4.78 is 11.1. The third kappa shape index (κ3) is 3.12. The lowest BCUT2D eigenvalue weighted by atomic mass is 10.0. The van der Waals surface area contributed by atoms with Gasteiger partial charge >= 0.3 is 0 Å². The fraction of sp³-hybridized carbons (Fsp3) is 0.412. The van der Waals surface area contributed by atoms with Crippen molar-refractivity contribution in [3.63, 3.8) is 0 Å². The van der Waals surface area contributed by atoms with Crippen molar-refractivity contribution in [1.82, 2.24) is 9.97 Å². The predicted molar refractivity (Wildman–Crippen MR) is 93.0 cm³/mol. The van der Waals surface area contributed by atoms with Crippen molar-refractivity contribution >= 4 is 23.2 Å². The van der Waals surface area contributed by atoms with Gasteiger partial charge in [-0.3, -0.25) is 0 Å². The van der Waals surface area contributed by atoms with Crippen molar-refractivity contribution < 1.29 is 9.47 Å². The van der Waals surface area contributed by atoms with E-state index in [1.54, 1.807) is 6.33 Å². The zero-order valence-electron chi connectivity index (χ0n) is 13.2. The molecule has 1 unspecified atom stereocenters. The Balaban J connectivity index is 1.55. The van der Waals surface area contributed by atoms with Crippen LogP contribution in [0.1, 0.15) is 18.0 Å². The van der Waals surface area contributed by atoms with E-state index in [-0.39, 0.29) is 6.04 Å². The van der Waals surface area contributed by atoms with E-state index in [0.717, 1.165) is 55.7 Å². The molecule has 2 aliphatic heterocycles. The first-order valence-corrected chi connectivity index (χ1v) is 8.51. The number of para-hydroxylation sites is 1. The maximum atomic E-state index is 6.24. The smallest absolute Gasteiger partial charge is 0.143 e. The molecule has 1 fully saturated rings. The average molecular weight is 347 g/mol. The Morgan fingerprint density at radius 2 is 2.04 bits per heavy atom. The van der Waals surface area contributed by atoms with Gasteiger partial charge in [-0.1, -0.05) is 23.7 Å². The van der Waals surface area contributed by atoms with Gasteiger partial charge in [-0.05, 0) is 6.07 Å². The average Bonchev–Trinajstić information content (AvgIpc) is 2.64. The summed E-state index contributed by atoms with van der Waals surface area (Å²) in [5, 5.41) is 4.14. The number of ether oxygens (including phenoxy) is 2. The first-order chi connectivity index (χ1) is 11.8. The summed E-state index contributed by atoms with van der Waals surface area (Å²) in [5.41, 5.74) is 1.07. The largest absolute Gasteiger partial charge is 0.492 e. The number of halogens is 1. The Bertz CT molecular complexity index is 721. The Morgan fingerprint density at radius 1 is 1.17 bits per heavy atom. The maximum Gasteiger partial charge on any atom is 0.143 e. The molecule has 7 heteroatoms. The lowest BCUT2D eigenvalue weighted by molar-refractivity contribution is 0.122. The van der Waals surface area contributed by atoms with Gasteiger partial charge in [0.05, 0.1) is 30.9 Å². The molecule has 2 aliphatic rings. The topological polar surface area (TPSA) is 59.5 Å². The lowest BCUT2D eigenvalue weighted by Gasteiger charge is -2.29. The molecule has 0 bridgehead atoms. The molecule has 1 N–H and O–H groups in total. The van der Waals surface area contributed by atoms with E-state index in [1.807, 2.05) is 24.3 Å². The number of fused-ring (bicyclic) bond motifs is 1. The molecule has 0 radical (unpaired) electrons. The Labute approximate surface area is 145 Å². The molecular formula is C17H19ClN4O2. The van der Waals surface area contributed by atoms with E-state index in [0.29, 0.717) is 11.6 Å². The number of aromatic nitrogens is 2. The molecule has 1 aromatic heterocycles. The van der Waals surface area contributed by atoms with Gasteiger partial charge in [0.2, 0.25) is 0 Å². The number of benzene rings is 1. The number of morpholine rings is 1. The second kappa shape index (κ2) is 6.83. The molecule has 1 saturated heterocycles. The first-order valence-electron chi connectivity index (χ1n) is 8.14. The van der Waals surface area contributed by atoms with E-state index in [1.165, 1.54) is 0 Å². The van der Waals surface area contributed by atoms with Crippen molar-refractivity contribution in [1.29, 1.82) is 0 Å². The SMILES string of the molecule is Clc1cccc2c1OCCC2Nc1cc(N2CCOCC2)ncn1. The number of anilines is 2. The molecule has 24 heavy (non-hydrogen) atoms. The highest BCUT2D eigenvalue weighted by atomic mass is 35.5. The standard InChI is InChI=1S/C17H19ClN4O2/c18-13-3-1-2-12-14(4-7-24-17(12)13)21-15-10-16(20-11-19-15)22-5-8-23-9-6-22/h1-3,10-11,14H,4-9H2,(H,19,20,21). The Morgan fingerprint density at radius 3 is 2.92 bits per heavy atom. The normalized spacial score (nSPS) is 20.2. The summed E-state index contributed by atoms with van der Waals surface area (Å²) in [6.07, 6.45) is 2.47. The molecule has 3 heterocycles. The van der Waals surface area contributed by atoms with Crippen LogP contribution in [0.4, 0.5) is 11.6 Å². The van der Waals surface area contributed by atoms with Crippen LogP contribution in [0.15, 0.2) is 30.6 Å². The quantitative estimate of drug-likeness (QED) is 0.922.